The van der Waals surface area contributed by atoms with E-state index in [9.17, 15) is 19.2 Å². The van der Waals surface area contributed by atoms with Crippen molar-refractivity contribution >= 4 is 29.4 Å². The van der Waals surface area contributed by atoms with E-state index >= 15 is 0 Å². The lowest BCUT2D eigenvalue weighted by Crippen LogP contribution is -2.39. The molecule has 0 heterocycles. The standard InChI is InChI=1S/C15H19N3O5/c1-10(19)17-12-6-4-5-11(7-12)15(22)23-9-14(21)18(3)8-13(20)16-2/h4-7H,8-9H2,1-3H3,(H,16,20)(H,17,19). The molecule has 0 aliphatic carbocycles. The van der Waals surface area contributed by atoms with E-state index in [1.165, 1.54) is 33.2 Å². The van der Waals surface area contributed by atoms with Gasteiger partial charge in [0.2, 0.25) is 11.8 Å². The van der Waals surface area contributed by atoms with E-state index < -0.39 is 18.5 Å². The second kappa shape index (κ2) is 8.52. The van der Waals surface area contributed by atoms with Gasteiger partial charge >= 0.3 is 5.97 Å². The average Bonchev–Trinajstić information content (AvgIpc) is 2.51. The molecule has 3 amide bonds. The zero-order valence-corrected chi connectivity index (χ0v) is 13.2. The van der Waals surface area contributed by atoms with Crippen LogP contribution in [0.15, 0.2) is 24.3 Å². The number of amides is 3. The predicted octanol–water partition coefficient (Wildman–Crippen LogP) is 0.00620. The van der Waals surface area contributed by atoms with Crippen molar-refractivity contribution in [2.45, 2.75) is 6.92 Å². The molecule has 1 aromatic rings. The number of hydrogen-bond acceptors (Lipinski definition) is 5. The lowest BCUT2D eigenvalue weighted by Gasteiger charge is -2.16. The number of likely N-dealkylation sites (N-methyl/N-ethyl adjacent to an activating group) is 2. The quantitative estimate of drug-likeness (QED) is 0.718. The molecule has 0 aliphatic heterocycles. The van der Waals surface area contributed by atoms with Crippen LogP contribution in [-0.4, -0.2) is 55.8 Å². The van der Waals surface area contributed by atoms with Gasteiger partial charge in [0, 0.05) is 26.7 Å². The molecule has 0 saturated carbocycles. The predicted molar refractivity (Wildman–Crippen MR) is 82.7 cm³/mol. The molecule has 1 aromatic carbocycles. The average molecular weight is 321 g/mol. The Bertz CT molecular complexity index is 615. The summed E-state index contributed by atoms with van der Waals surface area (Å²) in [7, 11) is 2.89. The van der Waals surface area contributed by atoms with Gasteiger partial charge in [0.05, 0.1) is 12.1 Å². The summed E-state index contributed by atoms with van der Waals surface area (Å²) in [6.45, 7) is 0.757. The molecule has 124 valence electrons. The summed E-state index contributed by atoms with van der Waals surface area (Å²) in [6.07, 6.45) is 0. The van der Waals surface area contributed by atoms with Gasteiger partial charge in [-0.3, -0.25) is 14.4 Å². The van der Waals surface area contributed by atoms with Crippen LogP contribution in [0.1, 0.15) is 17.3 Å². The van der Waals surface area contributed by atoms with E-state index in [0.29, 0.717) is 5.69 Å². The van der Waals surface area contributed by atoms with Gasteiger partial charge in [-0.15, -0.1) is 0 Å². The fourth-order valence-electron chi connectivity index (χ4n) is 1.63. The summed E-state index contributed by atoms with van der Waals surface area (Å²) < 4.78 is 4.91. The third kappa shape index (κ3) is 6.16. The Balaban J connectivity index is 2.58. The Kier molecular flexibility index (Phi) is 6.72. The summed E-state index contributed by atoms with van der Waals surface area (Å²) in [4.78, 5) is 47.0. The van der Waals surface area contributed by atoms with Gasteiger partial charge in [-0.05, 0) is 18.2 Å². The number of carbonyl (C=O) groups is 4. The lowest BCUT2D eigenvalue weighted by molar-refractivity contribution is -0.137. The van der Waals surface area contributed by atoms with Gasteiger partial charge in [-0.2, -0.15) is 0 Å². The van der Waals surface area contributed by atoms with E-state index in [4.69, 9.17) is 4.74 Å². The fraction of sp³-hybridized carbons (Fsp3) is 0.333. The van der Waals surface area contributed by atoms with Crippen LogP contribution in [0, 0.1) is 0 Å². The van der Waals surface area contributed by atoms with Crippen LogP contribution in [0.5, 0.6) is 0 Å². The Morgan fingerprint density at radius 2 is 1.91 bits per heavy atom. The van der Waals surface area contributed by atoms with Crippen molar-refractivity contribution in [3.8, 4) is 0 Å². The number of benzene rings is 1. The van der Waals surface area contributed by atoms with Crippen molar-refractivity contribution in [2.24, 2.45) is 0 Å². The van der Waals surface area contributed by atoms with Crippen molar-refractivity contribution in [1.82, 2.24) is 10.2 Å². The van der Waals surface area contributed by atoms with Crippen LogP contribution in [0.2, 0.25) is 0 Å². The maximum atomic E-state index is 11.9. The molecule has 0 aliphatic rings. The smallest absolute Gasteiger partial charge is 0.338 e. The highest BCUT2D eigenvalue weighted by atomic mass is 16.5. The lowest BCUT2D eigenvalue weighted by atomic mass is 10.2. The van der Waals surface area contributed by atoms with Gasteiger partial charge in [0.15, 0.2) is 6.61 Å². The summed E-state index contributed by atoms with van der Waals surface area (Å²) in [5, 5.41) is 4.93. The van der Waals surface area contributed by atoms with E-state index in [2.05, 4.69) is 10.6 Å². The molecule has 0 aromatic heterocycles. The van der Waals surface area contributed by atoms with Gasteiger partial charge < -0.3 is 20.3 Å². The third-order valence-corrected chi connectivity index (χ3v) is 2.83. The number of anilines is 1. The molecular formula is C15H19N3O5. The number of ether oxygens (including phenoxy) is 1. The van der Waals surface area contributed by atoms with E-state index in [1.807, 2.05) is 0 Å². The highest BCUT2D eigenvalue weighted by Crippen LogP contribution is 2.11. The van der Waals surface area contributed by atoms with Crippen LogP contribution in [0.25, 0.3) is 0 Å². The van der Waals surface area contributed by atoms with Gasteiger partial charge in [-0.1, -0.05) is 6.07 Å². The molecule has 8 nitrogen and oxygen atoms in total. The first-order valence-electron chi connectivity index (χ1n) is 6.82. The zero-order chi connectivity index (χ0) is 17.4. The van der Waals surface area contributed by atoms with Crippen LogP contribution in [0.4, 0.5) is 5.69 Å². The minimum absolute atomic E-state index is 0.120. The highest BCUT2D eigenvalue weighted by Gasteiger charge is 2.15. The van der Waals surface area contributed by atoms with Crippen molar-refractivity contribution in [2.75, 3.05) is 32.6 Å². The molecule has 23 heavy (non-hydrogen) atoms. The molecule has 2 N–H and O–H groups in total. The largest absolute Gasteiger partial charge is 0.452 e. The summed E-state index contributed by atoms with van der Waals surface area (Å²) in [6, 6.07) is 6.16. The number of carbonyl (C=O) groups excluding carboxylic acids is 4. The van der Waals surface area contributed by atoms with Crippen LogP contribution in [-0.2, 0) is 19.1 Å². The van der Waals surface area contributed by atoms with Crippen LogP contribution >= 0.6 is 0 Å². The van der Waals surface area contributed by atoms with Gasteiger partial charge in [0.1, 0.15) is 0 Å². The first-order valence-corrected chi connectivity index (χ1v) is 6.82. The summed E-state index contributed by atoms with van der Waals surface area (Å²) in [5.74, 6) is -1.78. The molecule has 0 bridgehead atoms. The van der Waals surface area contributed by atoms with E-state index in [1.54, 1.807) is 12.1 Å². The number of hydrogen-bond donors (Lipinski definition) is 2. The second-order valence-corrected chi connectivity index (χ2v) is 4.76. The van der Waals surface area contributed by atoms with Crippen molar-refractivity contribution in [3.63, 3.8) is 0 Å². The molecule has 0 unspecified atom stereocenters. The Labute approximate surface area is 133 Å². The van der Waals surface area contributed by atoms with Crippen LogP contribution < -0.4 is 10.6 Å². The first-order chi connectivity index (χ1) is 10.8. The Morgan fingerprint density at radius 3 is 2.52 bits per heavy atom. The maximum absolute atomic E-state index is 11.9. The Hall–Kier alpha value is -2.90. The molecule has 0 saturated heterocycles. The molecular weight excluding hydrogens is 302 g/mol. The number of rotatable bonds is 6. The molecule has 8 heteroatoms. The number of nitrogens with one attached hydrogen (secondary N) is 2. The van der Waals surface area contributed by atoms with Crippen molar-refractivity contribution < 1.29 is 23.9 Å². The molecule has 0 fully saturated rings. The van der Waals surface area contributed by atoms with Crippen LogP contribution in [0.3, 0.4) is 0 Å². The monoisotopic (exact) mass is 321 g/mol. The Morgan fingerprint density at radius 1 is 1.22 bits per heavy atom. The van der Waals surface area contributed by atoms with E-state index in [0.717, 1.165) is 4.90 Å². The van der Waals surface area contributed by atoms with Crippen molar-refractivity contribution in [3.05, 3.63) is 29.8 Å². The second-order valence-electron chi connectivity index (χ2n) is 4.76. The molecule has 0 spiro atoms. The minimum Gasteiger partial charge on any atom is -0.452 e. The minimum atomic E-state index is -0.695. The van der Waals surface area contributed by atoms with E-state index in [-0.39, 0.29) is 23.9 Å². The molecule has 0 radical (unpaired) electrons. The van der Waals surface area contributed by atoms with Crippen molar-refractivity contribution in [1.29, 1.82) is 0 Å². The first kappa shape index (κ1) is 18.1. The SMILES string of the molecule is CNC(=O)CN(C)C(=O)COC(=O)c1cccc(NC(C)=O)c1. The zero-order valence-electron chi connectivity index (χ0n) is 13.2. The van der Waals surface area contributed by atoms with Gasteiger partial charge in [0.25, 0.3) is 5.91 Å². The number of esters is 1. The highest BCUT2D eigenvalue weighted by molar-refractivity contribution is 5.94. The number of nitrogens with zero attached hydrogens (tertiary/aromatic N) is 1. The fourth-order valence-corrected chi connectivity index (χ4v) is 1.63. The summed E-state index contributed by atoms with van der Waals surface area (Å²) in [5.41, 5.74) is 0.660. The van der Waals surface area contributed by atoms with Gasteiger partial charge in [-0.25, -0.2) is 4.79 Å². The third-order valence-electron chi connectivity index (χ3n) is 2.83. The topological polar surface area (TPSA) is 105 Å². The summed E-state index contributed by atoms with van der Waals surface area (Å²) >= 11 is 0. The molecule has 0 atom stereocenters. The molecule has 1 rings (SSSR count). The maximum Gasteiger partial charge on any atom is 0.338 e. The normalized spacial score (nSPS) is 9.70.